The number of fused-ring (bicyclic) bond motifs is 1. The SMILES string of the molecule is CCC(=O)NC1CCC(Nc2nc(=NC3CC3)n3nc/c(=C\c4[nH]c(=O)[nH]c4O)c3n2)CC1. The number of hydrogen-bond donors (Lipinski definition) is 5. The van der Waals surface area contributed by atoms with Crippen LogP contribution >= 0.6 is 0 Å². The monoisotopic (exact) mass is 453 g/mol. The lowest BCUT2D eigenvalue weighted by atomic mass is 9.91. The van der Waals surface area contributed by atoms with Gasteiger partial charge in [0.1, 0.15) is 5.69 Å². The highest BCUT2D eigenvalue weighted by Gasteiger charge is 2.24. The van der Waals surface area contributed by atoms with Crippen molar-refractivity contribution in [1.29, 1.82) is 0 Å². The highest BCUT2D eigenvalue weighted by molar-refractivity contribution is 5.75. The van der Waals surface area contributed by atoms with Crippen LogP contribution in [0.5, 0.6) is 5.88 Å². The number of hydrogen-bond acceptors (Lipinski definition) is 8. The molecule has 3 heterocycles. The molecule has 3 aromatic heterocycles. The average molecular weight is 454 g/mol. The molecule has 2 aliphatic rings. The Bertz CT molecular complexity index is 1340. The van der Waals surface area contributed by atoms with E-state index < -0.39 is 5.69 Å². The van der Waals surface area contributed by atoms with Gasteiger partial charge in [0, 0.05) is 23.7 Å². The Morgan fingerprint density at radius 2 is 1.97 bits per heavy atom. The smallest absolute Gasteiger partial charge is 0.326 e. The predicted molar refractivity (Wildman–Crippen MR) is 119 cm³/mol. The summed E-state index contributed by atoms with van der Waals surface area (Å²) in [5.74, 6) is 0.303. The number of carbonyl (C=O) groups excluding carboxylic acids is 1. The number of rotatable bonds is 6. The van der Waals surface area contributed by atoms with Crippen LogP contribution in [0.25, 0.3) is 11.7 Å². The van der Waals surface area contributed by atoms with Crippen molar-refractivity contribution >= 4 is 23.6 Å². The minimum absolute atomic E-state index is 0.0887. The van der Waals surface area contributed by atoms with Gasteiger partial charge in [0.05, 0.1) is 12.2 Å². The highest BCUT2D eigenvalue weighted by Crippen LogP contribution is 2.23. The maximum absolute atomic E-state index is 11.7. The summed E-state index contributed by atoms with van der Waals surface area (Å²) >= 11 is 0. The Labute approximate surface area is 188 Å². The molecule has 0 radical (unpaired) electrons. The molecule has 33 heavy (non-hydrogen) atoms. The molecule has 12 heteroatoms. The molecular weight excluding hydrogens is 426 g/mol. The van der Waals surface area contributed by atoms with Gasteiger partial charge in [-0.1, -0.05) is 6.92 Å². The van der Waals surface area contributed by atoms with Crippen molar-refractivity contribution in [3.8, 4) is 5.88 Å². The first-order valence-corrected chi connectivity index (χ1v) is 11.4. The molecule has 174 valence electrons. The van der Waals surface area contributed by atoms with Crippen LogP contribution in [0.1, 0.15) is 57.6 Å². The normalized spacial score (nSPS) is 22.1. The average Bonchev–Trinajstić information content (AvgIpc) is 3.43. The molecule has 12 nitrogen and oxygen atoms in total. The standard InChI is InChI=1S/C21H27N9O3/c1-2-16(31)23-12-3-5-13(6-4-12)24-19-27-17-11(9-15-18(32)28-21(33)26-15)10-22-30(17)20(29-19)25-14-7-8-14/h9-10,12-14,32H,2-8H2,1H3,(H,23,31)(H,24,25,29)(H2,26,28,33)/b11-9+. The maximum Gasteiger partial charge on any atom is 0.326 e. The zero-order chi connectivity index (χ0) is 22.9. The first-order valence-electron chi connectivity index (χ1n) is 11.4. The van der Waals surface area contributed by atoms with Gasteiger partial charge in [0.2, 0.25) is 17.7 Å². The van der Waals surface area contributed by atoms with Crippen LogP contribution in [-0.4, -0.2) is 58.7 Å². The molecule has 0 aliphatic heterocycles. The lowest BCUT2D eigenvalue weighted by Crippen LogP contribution is -2.40. The van der Waals surface area contributed by atoms with Gasteiger partial charge in [0.15, 0.2) is 5.65 Å². The van der Waals surface area contributed by atoms with Gasteiger partial charge >= 0.3 is 5.69 Å². The fraction of sp³-hybridized carbons (Fsp3) is 0.524. The number of nitrogens with one attached hydrogen (secondary N) is 4. The highest BCUT2D eigenvalue weighted by atomic mass is 16.3. The number of aromatic hydroxyl groups is 1. The minimum Gasteiger partial charge on any atom is -0.493 e. The van der Waals surface area contributed by atoms with Gasteiger partial charge in [-0.2, -0.15) is 19.6 Å². The first-order chi connectivity index (χ1) is 16.0. The molecule has 5 N–H and O–H groups in total. The van der Waals surface area contributed by atoms with E-state index in [4.69, 9.17) is 0 Å². The molecular formula is C21H27N9O3. The Morgan fingerprint density at radius 1 is 1.21 bits per heavy atom. The van der Waals surface area contributed by atoms with Crippen molar-refractivity contribution in [3.63, 3.8) is 0 Å². The third-order valence-corrected chi connectivity index (χ3v) is 6.00. The summed E-state index contributed by atoms with van der Waals surface area (Å²) < 4.78 is 1.58. The number of amides is 1. The van der Waals surface area contributed by atoms with Crippen LogP contribution in [0, 0.1) is 0 Å². The Kier molecular flexibility index (Phi) is 5.56. The zero-order valence-corrected chi connectivity index (χ0v) is 18.3. The lowest BCUT2D eigenvalue weighted by molar-refractivity contribution is -0.121. The fourth-order valence-corrected chi connectivity index (χ4v) is 4.04. The second-order valence-corrected chi connectivity index (χ2v) is 8.64. The van der Waals surface area contributed by atoms with Gasteiger partial charge in [-0.05, 0) is 44.6 Å². The molecule has 0 unspecified atom stereocenters. The fourth-order valence-electron chi connectivity index (χ4n) is 4.04. The molecule has 2 aliphatic carbocycles. The van der Waals surface area contributed by atoms with E-state index in [0.717, 1.165) is 38.5 Å². The van der Waals surface area contributed by atoms with E-state index in [1.54, 1.807) is 16.8 Å². The van der Waals surface area contributed by atoms with Crippen molar-refractivity contribution in [3.05, 3.63) is 33.2 Å². The summed E-state index contributed by atoms with van der Waals surface area (Å²) in [5.41, 5.74) is 0.746. The molecule has 2 fully saturated rings. The molecule has 5 rings (SSSR count). The van der Waals surface area contributed by atoms with E-state index in [9.17, 15) is 14.7 Å². The summed E-state index contributed by atoms with van der Waals surface area (Å²) in [6, 6.07) is 0.651. The van der Waals surface area contributed by atoms with Gasteiger partial charge < -0.3 is 20.7 Å². The zero-order valence-electron chi connectivity index (χ0n) is 18.3. The van der Waals surface area contributed by atoms with Crippen LogP contribution in [0.2, 0.25) is 0 Å². The van der Waals surface area contributed by atoms with Crippen LogP contribution in [0.3, 0.4) is 0 Å². The Morgan fingerprint density at radius 3 is 2.64 bits per heavy atom. The second-order valence-electron chi connectivity index (χ2n) is 8.64. The minimum atomic E-state index is -0.498. The van der Waals surface area contributed by atoms with Crippen LogP contribution < -0.4 is 27.2 Å². The number of aromatic amines is 2. The van der Waals surface area contributed by atoms with Gasteiger partial charge in [-0.25, -0.2) is 9.79 Å². The molecule has 0 bridgehead atoms. The van der Waals surface area contributed by atoms with E-state index in [2.05, 4.69) is 40.7 Å². The molecule has 1 amide bonds. The summed E-state index contributed by atoms with van der Waals surface area (Å²) in [5, 5.41) is 21.4. The van der Waals surface area contributed by atoms with Crippen LogP contribution in [0.15, 0.2) is 16.0 Å². The third kappa shape index (κ3) is 4.73. The maximum atomic E-state index is 11.7. The van der Waals surface area contributed by atoms with E-state index in [0.29, 0.717) is 28.9 Å². The number of imidazole rings is 1. The predicted octanol–water partition coefficient (Wildman–Crippen LogP) is -0.294. The van der Waals surface area contributed by atoms with Gasteiger partial charge in [-0.3, -0.25) is 9.78 Å². The van der Waals surface area contributed by atoms with E-state index >= 15 is 0 Å². The van der Waals surface area contributed by atoms with Crippen molar-refractivity contribution in [2.75, 3.05) is 5.32 Å². The van der Waals surface area contributed by atoms with Gasteiger partial charge in [0.25, 0.3) is 5.62 Å². The van der Waals surface area contributed by atoms with Gasteiger partial charge in [-0.15, -0.1) is 0 Å². The Balaban J connectivity index is 1.44. The second kappa shape index (κ2) is 8.68. The molecule has 3 aromatic rings. The third-order valence-electron chi connectivity index (χ3n) is 6.00. The molecule has 0 spiro atoms. The number of H-pyrrole nitrogens is 2. The van der Waals surface area contributed by atoms with E-state index in [-0.39, 0.29) is 35.6 Å². The van der Waals surface area contributed by atoms with E-state index in [1.807, 2.05) is 6.92 Å². The van der Waals surface area contributed by atoms with Crippen molar-refractivity contribution < 1.29 is 9.90 Å². The molecule has 0 saturated heterocycles. The van der Waals surface area contributed by atoms with Crippen molar-refractivity contribution in [2.24, 2.45) is 4.99 Å². The lowest BCUT2D eigenvalue weighted by Gasteiger charge is -2.29. The first kappa shape index (κ1) is 21.2. The summed E-state index contributed by atoms with van der Waals surface area (Å²) in [6.07, 6.45) is 9.36. The quantitative estimate of drug-likeness (QED) is 0.342. The number of aromatic nitrogens is 6. The van der Waals surface area contributed by atoms with Crippen molar-refractivity contribution in [2.45, 2.75) is 70.0 Å². The summed E-state index contributed by atoms with van der Waals surface area (Å²) in [4.78, 5) is 41.9. The summed E-state index contributed by atoms with van der Waals surface area (Å²) in [7, 11) is 0. The van der Waals surface area contributed by atoms with Crippen molar-refractivity contribution in [1.82, 2.24) is 34.9 Å². The number of nitrogens with zero attached hydrogens (tertiary/aromatic N) is 5. The largest absolute Gasteiger partial charge is 0.493 e. The molecule has 0 aromatic carbocycles. The molecule has 2 saturated carbocycles. The van der Waals surface area contributed by atoms with Crippen LogP contribution in [0.4, 0.5) is 5.95 Å². The number of carbonyl (C=O) groups is 1. The molecule has 0 atom stereocenters. The van der Waals surface area contributed by atoms with Crippen LogP contribution in [-0.2, 0) is 4.79 Å². The summed E-state index contributed by atoms with van der Waals surface area (Å²) in [6.45, 7) is 1.86. The number of anilines is 1. The van der Waals surface area contributed by atoms with E-state index in [1.165, 1.54) is 0 Å². The topological polar surface area (TPSA) is 165 Å². The Hall–Kier alpha value is -3.70.